The highest BCUT2D eigenvalue weighted by Crippen LogP contribution is 2.32. The number of rotatable bonds is 9. The molecule has 1 heterocycles. The van der Waals surface area contributed by atoms with E-state index < -0.39 is 0 Å². The quantitative estimate of drug-likeness (QED) is 0.341. The molecule has 156 valence electrons. The first-order valence-electron chi connectivity index (χ1n) is 9.84. The third-order valence-electron chi connectivity index (χ3n) is 4.66. The molecule has 2 amide bonds. The minimum absolute atomic E-state index is 0.0340. The van der Waals surface area contributed by atoms with Crippen molar-refractivity contribution < 1.29 is 14.0 Å². The molecule has 2 aromatic rings. The number of benzene rings is 2. The van der Waals surface area contributed by atoms with E-state index >= 15 is 0 Å². The average molecular weight is 443 g/mol. The molecular formula is C23H23FN2O2S2. The zero-order valence-corrected chi connectivity index (χ0v) is 18.1. The van der Waals surface area contributed by atoms with Gasteiger partial charge in [0.05, 0.1) is 4.91 Å². The van der Waals surface area contributed by atoms with E-state index in [0.717, 1.165) is 30.4 Å². The van der Waals surface area contributed by atoms with Crippen LogP contribution in [-0.2, 0) is 16.1 Å². The van der Waals surface area contributed by atoms with Crippen LogP contribution in [0.1, 0.15) is 36.8 Å². The van der Waals surface area contributed by atoms with Gasteiger partial charge in [-0.05, 0) is 42.2 Å². The number of unbranched alkanes of at least 4 members (excludes halogenated alkanes) is 2. The van der Waals surface area contributed by atoms with Gasteiger partial charge in [0.2, 0.25) is 5.91 Å². The molecule has 1 aliphatic rings. The molecule has 0 unspecified atom stereocenters. The van der Waals surface area contributed by atoms with Crippen molar-refractivity contribution >= 4 is 46.2 Å². The molecule has 1 aliphatic heterocycles. The fraction of sp³-hybridized carbons (Fsp3) is 0.261. The number of carbonyl (C=O) groups is 2. The van der Waals surface area contributed by atoms with Crippen molar-refractivity contribution in [2.75, 3.05) is 6.54 Å². The molecule has 1 N–H and O–H groups in total. The van der Waals surface area contributed by atoms with Gasteiger partial charge in [-0.25, -0.2) is 4.39 Å². The van der Waals surface area contributed by atoms with Crippen molar-refractivity contribution in [1.82, 2.24) is 10.2 Å². The number of amides is 2. The summed E-state index contributed by atoms with van der Waals surface area (Å²) in [6, 6.07) is 15.8. The normalized spacial score (nSPS) is 15.1. The van der Waals surface area contributed by atoms with Crippen molar-refractivity contribution in [1.29, 1.82) is 0 Å². The number of hydrogen-bond acceptors (Lipinski definition) is 4. The standard InChI is InChI=1S/C23H23FN2O2S2/c24-19-12-10-17(11-13-19)15-20-22(28)26(23(29)30-20)14-6-2-5-9-21(27)25-16-18-7-3-1-4-8-18/h1,3-4,7-8,10-13,15H,2,5-6,9,14,16H2,(H,25,27)/b20-15-. The fourth-order valence-electron chi connectivity index (χ4n) is 3.02. The van der Waals surface area contributed by atoms with Crippen LogP contribution in [0.2, 0.25) is 0 Å². The van der Waals surface area contributed by atoms with E-state index in [-0.39, 0.29) is 17.6 Å². The van der Waals surface area contributed by atoms with Crippen LogP contribution in [0.5, 0.6) is 0 Å². The predicted octanol–water partition coefficient (Wildman–Crippen LogP) is 4.90. The summed E-state index contributed by atoms with van der Waals surface area (Å²) < 4.78 is 13.6. The average Bonchev–Trinajstić information content (AvgIpc) is 3.01. The monoisotopic (exact) mass is 442 g/mol. The maximum Gasteiger partial charge on any atom is 0.266 e. The molecule has 0 radical (unpaired) electrons. The molecule has 7 heteroatoms. The van der Waals surface area contributed by atoms with Crippen LogP contribution in [0.3, 0.4) is 0 Å². The summed E-state index contributed by atoms with van der Waals surface area (Å²) in [5, 5.41) is 2.92. The summed E-state index contributed by atoms with van der Waals surface area (Å²) in [4.78, 5) is 26.7. The summed E-state index contributed by atoms with van der Waals surface area (Å²) >= 11 is 6.60. The van der Waals surface area contributed by atoms with E-state index in [9.17, 15) is 14.0 Å². The SMILES string of the molecule is O=C(CCCCCN1C(=O)/C(=C/c2ccc(F)cc2)SC1=S)NCc1ccccc1. The fourth-order valence-corrected chi connectivity index (χ4v) is 4.33. The van der Waals surface area contributed by atoms with Gasteiger partial charge in [-0.15, -0.1) is 0 Å². The Hall–Kier alpha value is -2.51. The van der Waals surface area contributed by atoms with Crippen molar-refractivity contribution in [2.24, 2.45) is 0 Å². The molecule has 2 aromatic carbocycles. The summed E-state index contributed by atoms with van der Waals surface area (Å²) in [6.45, 7) is 1.08. The van der Waals surface area contributed by atoms with Crippen LogP contribution in [-0.4, -0.2) is 27.6 Å². The summed E-state index contributed by atoms with van der Waals surface area (Å²) in [5.41, 5.74) is 1.84. The lowest BCUT2D eigenvalue weighted by molar-refractivity contribution is -0.123. The Morgan fingerprint density at radius 2 is 1.80 bits per heavy atom. The molecule has 3 rings (SSSR count). The van der Waals surface area contributed by atoms with Crippen molar-refractivity contribution in [2.45, 2.75) is 32.2 Å². The topological polar surface area (TPSA) is 49.4 Å². The highest BCUT2D eigenvalue weighted by molar-refractivity contribution is 8.26. The number of nitrogens with one attached hydrogen (secondary N) is 1. The second-order valence-corrected chi connectivity index (χ2v) is 8.63. The minimum Gasteiger partial charge on any atom is -0.352 e. The lowest BCUT2D eigenvalue weighted by atomic mass is 10.1. The molecule has 0 atom stereocenters. The molecule has 0 bridgehead atoms. The summed E-state index contributed by atoms with van der Waals surface area (Å²) in [7, 11) is 0. The Morgan fingerprint density at radius 1 is 1.07 bits per heavy atom. The molecule has 4 nitrogen and oxygen atoms in total. The van der Waals surface area contributed by atoms with Crippen molar-refractivity contribution in [3.05, 3.63) is 76.4 Å². The van der Waals surface area contributed by atoms with Gasteiger partial charge < -0.3 is 5.32 Å². The number of hydrogen-bond donors (Lipinski definition) is 1. The third-order valence-corrected chi connectivity index (χ3v) is 6.04. The van der Waals surface area contributed by atoms with Gasteiger partial charge in [-0.3, -0.25) is 14.5 Å². The van der Waals surface area contributed by atoms with E-state index in [1.165, 1.54) is 23.9 Å². The molecule has 0 saturated carbocycles. The molecule has 0 aliphatic carbocycles. The first-order chi connectivity index (χ1) is 14.5. The molecule has 0 aromatic heterocycles. The Morgan fingerprint density at radius 3 is 2.53 bits per heavy atom. The second kappa shape index (κ2) is 11.0. The van der Waals surface area contributed by atoms with E-state index in [1.807, 2.05) is 30.3 Å². The largest absolute Gasteiger partial charge is 0.352 e. The zero-order valence-electron chi connectivity index (χ0n) is 16.5. The van der Waals surface area contributed by atoms with Gasteiger partial charge in [0.25, 0.3) is 5.91 Å². The smallest absolute Gasteiger partial charge is 0.266 e. The molecule has 1 fully saturated rings. The Labute approximate surface area is 185 Å². The maximum atomic E-state index is 13.0. The van der Waals surface area contributed by atoms with E-state index in [1.54, 1.807) is 23.1 Å². The Kier molecular flexibility index (Phi) is 8.16. The van der Waals surface area contributed by atoms with Gasteiger partial charge in [-0.1, -0.05) is 72.9 Å². The van der Waals surface area contributed by atoms with Gasteiger partial charge in [-0.2, -0.15) is 0 Å². The van der Waals surface area contributed by atoms with E-state index in [0.29, 0.717) is 28.7 Å². The van der Waals surface area contributed by atoms with Crippen LogP contribution in [0.15, 0.2) is 59.5 Å². The lowest BCUT2D eigenvalue weighted by Crippen LogP contribution is -2.29. The van der Waals surface area contributed by atoms with Crippen LogP contribution < -0.4 is 5.32 Å². The molecule has 30 heavy (non-hydrogen) atoms. The molecule has 1 saturated heterocycles. The van der Waals surface area contributed by atoms with Gasteiger partial charge in [0.1, 0.15) is 10.1 Å². The maximum absolute atomic E-state index is 13.0. The zero-order chi connectivity index (χ0) is 21.3. The number of thiocarbonyl (C=S) groups is 1. The molecular weight excluding hydrogens is 419 g/mol. The van der Waals surface area contributed by atoms with Crippen molar-refractivity contribution in [3.63, 3.8) is 0 Å². The van der Waals surface area contributed by atoms with Gasteiger partial charge in [0.15, 0.2) is 0 Å². The number of thioether (sulfide) groups is 1. The summed E-state index contributed by atoms with van der Waals surface area (Å²) in [6.07, 6.45) is 4.58. The van der Waals surface area contributed by atoms with Crippen LogP contribution in [0.4, 0.5) is 4.39 Å². The Bertz CT molecular complexity index is 930. The highest BCUT2D eigenvalue weighted by Gasteiger charge is 2.31. The van der Waals surface area contributed by atoms with Gasteiger partial charge in [0, 0.05) is 19.5 Å². The third kappa shape index (κ3) is 6.50. The predicted molar refractivity (Wildman–Crippen MR) is 123 cm³/mol. The van der Waals surface area contributed by atoms with Crippen LogP contribution >= 0.6 is 24.0 Å². The van der Waals surface area contributed by atoms with Crippen molar-refractivity contribution in [3.8, 4) is 0 Å². The lowest BCUT2D eigenvalue weighted by Gasteiger charge is -2.14. The van der Waals surface area contributed by atoms with Crippen LogP contribution in [0, 0.1) is 5.82 Å². The Balaban J connectivity index is 1.37. The van der Waals surface area contributed by atoms with Crippen LogP contribution in [0.25, 0.3) is 6.08 Å². The van der Waals surface area contributed by atoms with Gasteiger partial charge >= 0.3 is 0 Å². The van der Waals surface area contributed by atoms with E-state index in [4.69, 9.17) is 12.2 Å². The second-order valence-electron chi connectivity index (χ2n) is 6.96. The summed E-state index contributed by atoms with van der Waals surface area (Å²) in [5.74, 6) is -0.393. The number of carbonyl (C=O) groups excluding carboxylic acids is 2. The first kappa shape index (κ1) is 22.2. The highest BCUT2D eigenvalue weighted by atomic mass is 32.2. The first-order valence-corrected chi connectivity index (χ1v) is 11.1. The van der Waals surface area contributed by atoms with E-state index in [2.05, 4.69) is 5.32 Å². The number of nitrogens with zero attached hydrogens (tertiary/aromatic N) is 1. The number of halogens is 1. The minimum atomic E-state index is -0.312. The molecule has 0 spiro atoms.